The first-order valence-electron chi connectivity index (χ1n) is 12.5. The fourth-order valence-electron chi connectivity index (χ4n) is 5.20. The minimum absolute atomic E-state index is 0.271. The molecule has 0 aromatic carbocycles. The van der Waals surface area contributed by atoms with Crippen molar-refractivity contribution >= 4 is 23.6 Å². The van der Waals surface area contributed by atoms with Crippen LogP contribution in [-0.4, -0.2) is 54.2 Å². The van der Waals surface area contributed by atoms with Crippen molar-refractivity contribution in [3.63, 3.8) is 0 Å². The van der Waals surface area contributed by atoms with Crippen LogP contribution in [0.3, 0.4) is 0 Å². The highest BCUT2D eigenvalue weighted by Gasteiger charge is 2.29. The zero-order valence-corrected chi connectivity index (χ0v) is 19.3. The summed E-state index contributed by atoms with van der Waals surface area (Å²) in [5.74, 6) is 1.94. The second-order valence-electron chi connectivity index (χ2n) is 9.60. The number of rotatable bonds is 7. The van der Waals surface area contributed by atoms with Gasteiger partial charge in [0.1, 0.15) is 17.3 Å². The van der Waals surface area contributed by atoms with E-state index in [1.165, 1.54) is 25.7 Å². The van der Waals surface area contributed by atoms with Crippen LogP contribution in [0.25, 0.3) is 11.1 Å². The lowest BCUT2D eigenvalue weighted by molar-refractivity contribution is 0.111. The van der Waals surface area contributed by atoms with Crippen LogP contribution < -0.4 is 15.5 Å². The average Bonchev–Trinajstić information content (AvgIpc) is 2.83. The van der Waals surface area contributed by atoms with Gasteiger partial charge in [-0.15, -0.1) is 0 Å². The number of anilines is 2. The van der Waals surface area contributed by atoms with Crippen molar-refractivity contribution in [1.29, 1.82) is 5.41 Å². The lowest BCUT2D eigenvalue weighted by Crippen LogP contribution is -2.43. The van der Waals surface area contributed by atoms with E-state index in [9.17, 15) is 4.79 Å². The molecule has 0 spiro atoms. The Morgan fingerprint density at radius 1 is 1.09 bits per heavy atom. The Morgan fingerprint density at radius 3 is 2.52 bits per heavy atom. The van der Waals surface area contributed by atoms with Gasteiger partial charge in [0.05, 0.1) is 0 Å². The normalized spacial score (nSPS) is 19.7. The average molecular weight is 447 g/mol. The highest BCUT2D eigenvalue weighted by Crippen LogP contribution is 2.37. The van der Waals surface area contributed by atoms with Crippen LogP contribution in [0.1, 0.15) is 67.4 Å². The molecule has 7 heteroatoms. The quantitative estimate of drug-likeness (QED) is 0.434. The number of hydrogen-bond donors (Lipinski definition) is 3. The zero-order valence-electron chi connectivity index (χ0n) is 19.3. The maximum Gasteiger partial charge on any atom is 0.168 e. The van der Waals surface area contributed by atoms with E-state index >= 15 is 0 Å². The maximum absolute atomic E-state index is 11.8. The molecule has 2 aromatic heterocycles. The van der Waals surface area contributed by atoms with Crippen molar-refractivity contribution in [3.05, 3.63) is 35.7 Å². The summed E-state index contributed by atoms with van der Waals surface area (Å²) in [4.78, 5) is 23.5. The summed E-state index contributed by atoms with van der Waals surface area (Å²) in [6.45, 7) is 3.83. The van der Waals surface area contributed by atoms with Crippen LogP contribution in [0.4, 0.5) is 11.6 Å². The Balaban J connectivity index is 1.53. The van der Waals surface area contributed by atoms with E-state index in [2.05, 4.69) is 32.7 Å². The summed E-state index contributed by atoms with van der Waals surface area (Å²) in [7, 11) is 0. The third-order valence-corrected chi connectivity index (χ3v) is 7.39. The molecule has 0 atom stereocenters. The molecule has 3 fully saturated rings. The lowest BCUT2D eigenvalue weighted by atomic mass is 9.78. The third kappa shape index (κ3) is 4.78. The number of aldehydes is 1. The summed E-state index contributed by atoms with van der Waals surface area (Å²) in [5.41, 5.74) is 3.73. The molecule has 1 aliphatic heterocycles. The van der Waals surface area contributed by atoms with E-state index < -0.39 is 0 Å². The van der Waals surface area contributed by atoms with Crippen LogP contribution in [0, 0.1) is 11.3 Å². The van der Waals surface area contributed by atoms with Crippen LogP contribution in [-0.2, 0) is 0 Å². The number of carbonyl (C=O) groups is 1. The van der Waals surface area contributed by atoms with E-state index in [-0.39, 0.29) is 5.92 Å². The first-order valence-corrected chi connectivity index (χ1v) is 12.5. The molecule has 174 valence electrons. The molecule has 2 aliphatic carbocycles. The third-order valence-electron chi connectivity index (χ3n) is 7.39. The van der Waals surface area contributed by atoms with Crippen LogP contribution in [0.2, 0.25) is 0 Å². The van der Waals surface area contributed by atoms with Crippen molar-refractivity contribution in [1.82, 2.24) is 15.3 Å². The lowest BCUT2D eigenvalue weighted by Gasteiger charge is -2.30. The molecule has 0 unspecified atom stereocenters. The Hall–Kier alpha value is -2.80. The molecule has 2 aromatic rings. The van der Waals surface area contributed by atoms with Crippen LogP contribution >= 0.6 is 0 Å². The second-order valence-corrected chi connectivity index (χ2v) is 9.60. The minimum Gasteiger partial charge on any atom is -0.367 e. The van der Waals surface area contributed by atoms with Gasteiger partial charge >= 0.3 is 0 Å². The van der Waals surface area contributed by atoms with E-state index in [0.29, 0.717) is 23.3 Å². The zero-order chi connectivity index (χ0) is 22.6. The molecule has 33 heavy (non-hydrogen) atoms. The highest BCUT2D eigenvalue weighted by molar-refractivity contribution is 6.10. The summed E-state index contributed by atoms with van der Waals surface area (Å²) in [5, 5.41) is 16.1. The molecule has 0 radical (unpaired) electrons. The predicted octanol–water partition coefficient (Wildman–Crippen LogP) is 4.28. The second kappa shape index (κ2) is 10.00. The Kier molecular flexibility index (Phi) is 6.67. The monoisotopic (exact) mass is 446 g/mol. The summed E-state index contributed by atoms with van der Waals surface area (Å²) >= 11 is 0. The molecule has 3 heterocycles. The molecule has 7 nitrogen and oxygen atoms in total. The van der Waals surface area contributed by atoms with E-state index in [1.54, 1.807) is 0 Å². The van der Waals surface area contributed by atoms with Crippen molar-refractivity contribution in [2.75, 3.05) is 36.4 Å². The highest BCUT2D eigenvalue weighted by atomic mass is 16.1. The largest absolute Gasteiger partial charge is 0.367 e. The van der Waals surface area contributed by atoms with Gasteiger partial charge in [0.2, 0.25) is 0 Å². The number of nitrogens with one attached hydrogen (secondary N) is 3. The maximum atomic E-state index is 11.8. The standard InChI is InChI=1S/C26H34N6O/c27-25(18-5-4-6-18)24-22(19-9-10-23(29-16-19)32-13-11-28-12-14-32)15-21(17-33)31-26(24)30-20-7-2-1-3-8-20/h9-10,15-18,20,27-28H,1-8,11-14H2,(H,30,31). The summed E-state index contributed by atoms with van der Waals surface area (Å²) < 4.78 is 0. The summed E-state index contributed by atoms with van der Waals surface area (Å²) in [6.07, 6.45) is 11.9. The van der Waals surface area contributed by atoms with Gasteiger partial charge in [-0.2, -0.15) is 0 Å². The van der Waals surface area contributed by atoms with Gasteiger partial charge < -0.3 is 20.9 Å². The van der Waals surface area contributed by atoms with Gasteiger partial charge in [-0.3, -0.25) is 4.79 Å². The molecular formula is C26H34N6O. The van der Waals surface area contributed by atoms with Crippen molar-refractivity contribution in [2.24, 2.45) is 5.92 Å². The molecule has 3 aliphatic rings. The predicted molar refractivity (Wildman–Crippen MR) is 133 cm³/mol. The first kappa shape index (κ1) is 22.0. The first-order chi connectivity index (χ1) is 16.2. The van der Waals surface area contributed by atoms with Crippen LogP contribution in [0.15, 0.2) is 24.4 Å². The SMILES string of the molecule is N=C(c1c(-c2ccc(N3CCNCC3)nc2)cc(C=O)nc1NC1CCCCC1)C1CCC1. The topological polar surface area (TPSA) is 94.0 Å². The fraction of sp³-hybridized carbons (Fsp3) is 0.538. The molecule has 3 N–H and O–H groups in total. The number of pyridine rings is 2. The number of carbonyl (C=O) groups excluding carboxylic acids is 1. The Labute approximate surface area is 195 Å². The van der Waals surface area contributed by atoms with E-state index in [0.717, 1.165) is 80.7 Å². The van der Waals surface area contributed by atoms with Gasteiger partial charge in [0, 0.05) is 61.2 Å². The smallest absolute Gasteiger partial charge is 0.168 e. The van der Waals surface area contributed by atoms with Gasteiger partial charge in [-0.25, -0.2) is 9.97 Å². The van der Waals surface area contributed by atoms with E-state index in [4.69, 9.17) is 10.4 Å². The fourth-order valence-corrected chi connectivity index (χ4v) is 5.20. The molecule has 0 bridgehead atoms. The minimum atomic E-state index is 0.271. The van der Waals surface area contributed by atoms with Gasteiger partial charge in [0.25, 0.3) is 0 Å². The van der Waals surface area contributed by atoms with Gasteiger partial charge in [-0.05, 0) is 49.4 Å². The van der Waals surface area contributed by atoms with Gasteiger partial charge in [0.15, 0.2) is 6.29 Å². The Bertz CT molecular complexity index is 989. The molecule has 0 amide bonds. The number of hydrogen-bond acceptors (Lipinski definition) is 7. The van der Waals surface area contributed by atoms with Crippen LogP contribution in [0.5, 0.6) is 0 Å². The van der Waals surface area contributed by atoms with Gasteiger partial charge in [-0.1, -0.05) is 25.7 Å². The van der Waals surface area contributed by atoms with E-state index in [1.807, 2.05) is 12.3 Å². The molecule has 5 rings (SSSR count). The molecular weight excluding hydrogens is 412 g/mol. The molecule has 2 saturated carbocycles. The van der Waals surface area contributed by atoms with Crippen molar-refractivity contribution in [2.45, 2.75) is 57.4 Å². The Morgan fingerprint density at radius 2 is 1.88 bits per heavy atom. The molecule has 1 saturated heterocycles. The number of nitrogens with zero attached hydrogens (tertiary/aromatic N) is 3. The van der Waals surface area contributed by atoms with Crippen molar-refractivity contribution < 1.29 is 4.79 Å². The van der Waals surface area contributed by atoms with Crippen molar-refractivity contribution in [3.8, 4) is 11.1 Å². The number of piperazine rings is 1. The number of aromatic nitrogens is 2. The summed E-state index contributed by atoms with van der Waals surface area (Å²) in [6, 6.07) is 6.33.